The zero-order valence-electron chi connectivity index (χ0n) is 16.2. The minimum absolute atomic E-state index is 0.147. The predicted octanol–water partition coefficient (Wildman–Crippen LogP) is 2.92. The van der Waals surface area contributed by atoms with Gasteiger partial charge in [-0.15, -0.1) is 0 Å². The van der Waals surface area contributed by atoms with E-state index in [9.17, 15) is 4.79 Å². The molecule has 2 fully saturated rings. The Kier molecular flexibility index (Phi) is 4.45. The Hall–Kier alpha value is -1.98. The molecule has 26 heavy (non-hydrogen) atoms. The van der Waals surface area contributed by atoms with Gasteiger partial charge in [-0.05, 0) is 76.7 Å². The standard InChI is InChI=1S/C20H29N5O/c1-11-17(13(3)25-20(22-11)23-14(4)24-25)7-8-19(26)21-12(2)18-10-15-5-6-16(18)9-15/h12,15-16,18H,5-10H2,1-4H3,(H,21,26)/t12-,15+,16+,18+/m1/s1. The van der Waals surface area contributed by atoms with Crippen LogP contribution in [0.2, 0.25) is 0 Å². The van der Waals surface area contributed by atoms with Gasteiger partial charge in [0.15, 0.2) is 0 Å². The van der Waals surface area contributed by atoms with Crippen LogP contribution in [0.1, 0.15) is 61.8 Å². The predicted molar refractivity (Wildman–Crippen MR) is 99.9 cm³/mol. The summed E-state index contributed by atoms with van der Waals surface area (Å²) in [5.74, 6) is 3.93. The minimum atomic E-state index is 0.147. The summed E-state index contributed by atoms with van der Waals surface area (Å²) in [5.41, 5.74) is 3.07. The number of nitrogens with zero attached hydrogens (tertiary/aromatic N) is 4. The highest BCUT2D eigenvalue weighted by atomic mass is 16.1. The van der Waals surface area contributed by atoms with E-state index < -0.39 is 0 Å². The molecule has 6 heteroatoms. The van der Waals surface area contributed by atoms with E-state index in [1.807, 2.05) is 20.8 Å². The van der Waals surface area contributed by atoms with E-state index in [2.05, 4.69) is 27.3 Å². The zero-order chi connectivity index (χ0) is 18.4. The number of nitrogens with one attached hydrogen (secondary N) is 1. The summed E-state index contributed by atoms with van der Waals surface area (Å²) in [6, 6.07) is 0.290. The first-order valence-electron chi connectivity index (χ1n) is 9.91. The number of aryl methyl sites for hydroxylation is 3. The van der Waals surface area contributed by atoms with Crippen molar-refractivity contribution in [2.24, 2.45) is 17.8 Å². The van der Waals surface area contributed by atoms with Crippen molar-refractivity contribution in [1.82, 2.24) is 24.9 Å². The van der Waals surface area contributed by atoms with Crippen molar-refractivity contribution in [3.05, 3.63) is 22.8 Å². The summed E-state index contributed by atoms with van der Waals surface area (Å²) in [6.07, 6.45) is 6.62. The average Bonchev–Trinajstić information content (AvgIpc) is 3.29. The van der Waals surface area contributed by atoms with Crippen LogP contribution in [0.15, 0.2) is 0 Å². The maximum absolute atomic E-state index is 12.5. The Morgan fingerprint density at radius 1 is 1.23 bits per heavy atom. The second kappa shape index (κ2) is 6.63. The molecule has 0 spiro atoms. The molecule has 2 heterocycles. The Bertz CT molecular complexity index is 842. The van der Waals surface area contributed by atoms with Crippen LogP contribution in [-0.2, 0) is 11.2 Å². The fourth-order valence-electron chi connectivity index (χ4n) is 5.25. The molecule has 2 aromatic heterocycles. The highest BCUT2D eigenvalue weighted by Gasteiger charge is 2.42. The maximum atomic E-state index is 12.5. The molecule has 0 aliphatic heterocycles. The van der Waals surface area contributed by atoms with Gasteiger partial charge in [-0.25, -0.2) is 9.50 Å². The van der Waals surface area contributed by atoms with Crippen LogP contribution in [0, 0.1) is 38.5 Å². The number of hydrogen-bond donors (Lipinski definition) is 1. The van der Waals surface area contributed by atoms with Gasteiger partial charge in [-0.3, -0.25) is 4.79 Å². The van der Waals surface area contributed by atoms with Crippen LogP contribution in [0.25, 0.3) is 5.78 Å². The fraction of sp³-hybridized carbons (Fsp3) is 0.700. The molecular formula is C20H29N5O. The number of carbonyl (C=O) groups is 1. The number of aromatic nitrogens is 4. The number of fused-ring (bicyclic) bond motifs is 3. The van der Waals surface area contributed by atoms with Crippen LogP contribution in [0.5, 0.6) is 0 Å². The topological polar surface area (TPSA) is 72.2 Å². The van der Waals surface area contributed by atoms with Crippen molar-refractivity contribution >= 4 is 11.7 Å². The average molecular weight is 355 g/mol. The molecule has 2 aliphatic rings. The molecule has 1 amide bonds. The Morgan fingerprint density at radius 2 is 2.04 bits per heavy atom. The number of hydrogen-bond acceptors (Lipinski definition) is 4. The van der Waals surface area contributed by atoms with Crippen molar-refractivity contribution in [2.45, 2.75) is 72.3 Å². The van der Waals surface area contributed by atoms with Crippen LogP contribution < -0.4 is 5.32 Å². The molecular weight excluding hydrogens is 326 g/mol. The summed E-state index contributed by atoms with van der Waals surface area (Å²) in [7, 11) is 0. The third kappa shape index (κ3) is 3.10. The molecule has 0 radical (unpaired) electrons. The lowest BCUT2D eigenvalue weighted by Gasteiger charge is -2.28. The van der Waals surface area contributed by atoms with E-state index in [1.165, 1.54) is 25.7 Å². The van der Waals surface area contributed by atoms with E-state index in [0.29, 0.717) is 30.6 Å². The molecule has 1 N–H and O–H groups in total. The fourth-order valence-corrected chi connectivity index (χ4v) is 5.25. The summed E-state index contributed by atoms with van der Waals surface area (Å²) in [4.78, 5) is 21.4. The largest absolute Gasteiger partial charge is 0.353 e. The summed E-state index contributed by atoms with van der Waals surface area (Å²) in [5, 5.41) is 7.67. The molecule has 0 saturated heterocycles. The van der Waals surface area contributed by atoms with Gasteiger partial charge in [0.1, 0.15) is 5.82 Å². The first-order valence-corrected chi connectivity index (χ1v) is 9.91. The Labute approximate surface area is 154 Å². The van der Waals surface area contributed by atoms with E-state index in [-0.39, 0.29) is 5.91 Å². The second-order valence-electron chi connectivity index (χ2n) is 8.33. The van der Waals surface area contributed by atoms with E-state index >= 15 is 0 Å². The van der Waals surface area contributed by atoms with E-state index in [1.54, 1.807) is 4.52 Å². The lowest BCUT2D eigenvalue weighted by atomic mass is 9.84. The van der Waals surface area contributed by atoms with Crippen LogP contribution in [-0.4, -0.2) is 31.5 Å². The lowest BCUT2D eigenvalue weighted by Crippen LogP contribution is -2.40. The molecule has 2 aromatic rings. The van der Waals surface area contributed by atoms with Crippen molar-refractivity contribution < 1.29 is 4.79 Å². The summed E-state index contributed by atoms with van der Waals surface area (Å²) < 4.78 is 1.79. The second-order valence-corrected chi connectivity index (χ2v) is 8.33. The summed E-state index contributed by atoms with van der Waals surface area (Å²) in [6.45, 7) is 8.07. The Balaban J connectivity index is 1.39. The monoisotopic (exact) mass is 355 g/mol. The molecule has 2 bridgehead atoms. The highest BCUT2D eigenvalue weighted by molar-refractivity contribution is 5.76. The van der Waals surface area contributed by atoms with Gasteiger partial charge in [0.2, 0.25) is 5.91 Å². The number of carbonyl (C=O) groups excluding carboxylic acids is 1. The molecule has 0 unspecified atom stereocenters. The van der Waals surface area contributed by atoms with Gasteiger partial charge < -0.3 is 5.32 Å². The van der Waals surface area contributed by atoms with Crippen molar-refractivity contribution in [3.8, 4) is 0 Å². The molecule has 6 nitrogen and oxygen atoms in total. The van der Waals surface area contributed by atoms with Crippen LogP contribution >= 0.6 is 0 Å². The first kappa shape index (κ1) is 17.4. The normalized spacial score (nSPS) is 25.8. The molecule has 2 saturated carbocycles. The van der Waals surface area contributed by atoms with E-state index in [4.69, 9.17) is 0 Å². The smallest absolute Gasteiger partial charge is 0.252 e. The van der Waals surface area contributed by atoms with Crippen molar-refractivity contribution in [1.29, 1.82) is 0 Å². The van der Waals surface area contributed by atoms with Gasteiger partial charge in [-0.2, -0.15) is 10.1 Å². The van der Waals surface area contributed by atoms with Gasteiger partial charge in [0, 0.05) is 23.9 Å². The first-order chi connectivity index (χ1) is 12.4. The van der Waals surface area contributed by atoms with Gasteiger partial charge in [-0.1, -0.05) is 6.42 Å². The minimum Gasteiger partial charge on any atom is -0.353 e. The maximum Gasteiger partial charge on any atom is 0.252 e. The highest BCUT2D eigenvalue weighted by Crippen LogP contribution is 2.49. The quantitative estimate of drug-likeness (QED) is 0.895. The third-order valence-corrected chi connectivity index (χ3v) is 6.58. The van der Waals surface area contributed by atoms with Gasteiger partial charge >= 0.3 is 0 Å². The third-order valence-electron chi connectivity index (χ3n) is 6.58. The van der Waals surface area contributed by atoms with Crippen LogP contribution in [0.4, 0.5) is 0 Å². The van der Waals surface area contributed by atoms with Crippen molar-refractivity contribution in [3.63, 3.8) is 0 Å². The molecule has 4 rings (SSSR count). The Morgan fingerprint density at radius 3 is 2.73 bits per heavy atom. The molecule has 140 valence electrons. The van der Waals surface area contributed by atoms with Crippen LogP contribution in [0.3, 0.4) is 0 Å². The molecule has 4 atom stereocenters. The van der Waals surface area contributed by atoms with Gasteiger partial charge in [0.05, 0.1) is 0 Å². The number of amides is 1. The lowest BCUT2D eigenvalue weighted by molar-refractivity contribution is -0.122. The van der Waals surface area contributed by atoms with Crippen molar-refractivity contribution in [2.75, 3.05) is 0 Å². The molecule has 2 aliphatic carbocycles. The number of rotatable bonds is 5. The van der Waals surface area contributed by atoms with Gasteiger partial charge in [0.25, 0.3) is 5.78 Å². The SMILES string of the molecule is Cc1nc2nc(C)c(CCC(=O)N[C@H](C)[C@@H]3C[C@H]4CC[C@H]3C4)c(C)n2n1. The van der Waals surface area contributed by atoms with E-state index in [0.717, 1.165) is 34.6 Å². The zero-order valence-corrected chi connectivity index (χ0v) is 16.2. The molecule has 0 aromatic carbocycles. The summed E-state index contributed by atoms with van der Waals surface area (Å²) >= 11 is 0.